The van der Waals surface area contributed by atoms with Crippen molar-refractivity contribution in [2.24, 2.45) is 4.99 Å². The summed E-state index contributed by atoms with van der Waals surface area (Å²) >= 11 is 0. The summed E-state index contributed by atoms with van der Waals surface area (Å²) in [7, 11) is 2.11. The molecule has 1 atom stereocenters. The largest absolute Gasteiger partial charge is 0.388 e. The Hall–Kier alpha value is -0.810. The Morgan fingerprint density at radius 2 is 2.14 bits per heavy atom. The molecule has 21 heavy (non-hydrogen) atoms. The molecule has 2 aliphatic rings. The first kappa shape index (κ1) is 16.6. The molecule has 1 saturated carbocycles. The van der Waals surface area contributed by atoms with Crippen LogP contribution >= 0.6 is 0 Å². The van der Waals surface area contributed by atoms with Crippen LogP contribution < -0.4 is 5.32 Å². The molecule has 0 bridgehead atoms. The summed E-state index contributed by atoms with van der Waals surface area (Å²) in [5, 5.41) is 13.6. The molecule has 0 aromatic heterocycles. The second kappa shape index (κ2) is 7.45. The number of nitrogens with zero attached hydrogens (tertiary/aromatic N) is 3. The third kappa shape index (κ3) is 4.33. The third-order valence-electron chi connectivity index (χ3n) is 4.89. The maximum absolute atomic E-state index is 10.2. The van der Waals surface area contributed by atoms with Crippen molar-refractivity contribution in [1.29, 1.82) is 0 Å². The predicted molar refractivity (Wildman–Crippen MR) is 87.7 cm³/mol. The van der Waals surface area contributed by atoms with Crippen molar-refractivity contribution in [3.63, 3.8) is 0 Å². The Kier molecular flexibility index (Phi) is 5.88. The summed E-state index contributed by atoms with van der Waals surface area (Å²) in [5.41, 5.74) is -0.537. The number of aliphatic imine (C=N–C) groups is 1. The van der Waals surface area contributed by atoms with Gasteiger partial charge in [0.05, 0.1) is 12.1 Å². The number of rotatable bonds is 6. The second-order valence-corrected chi connectivity index (χ2v) is 6.55. The third-order valence-corrected chi connectivity index (χ3v) is 4.89. The van der Waals surface area contributed by atoms with Gasteiger partial charge in [0.25, 0.3) is 0 Å². The molecule has 1 saturated heterocycles. The fraction of sp³-hybridized carbons (Fsp3) is 0.938. The van der Waals surface area contributed by atoms with Gasteiger partial charge in [0.15, 0.2) is 5.96 Å². The molecule has 5 nitrogen and oxygen atoms in total. The van der Waals surface area contributed by atoms with Crippen LogP contribution in [0.4, 0.5) is 0 Å². The van der Waals surface area contributed by atoms with Gasteiger partial charge in [-0.25, -0.2) is 0 Å². The molecule has 0 amide bonds. The molecule has 2 rings (SSSR count). The highest BCUT2D eigenvalue weighted by molar-refractivity contribution is 5.79. The number of hydrogen-bond acceptors (Lipinski definition) is 3. The van der Waals surface area contributed by atoms with Crippen molar-refractivity contribution < 1.29 is 5.11 Å². The molecule has 2 fully saturated rings. The lowest BCUT2D eigenvalue weighted by Gasteiger charge is -2.36. The second-order valence-electron chi connectivity index (χ2n) is 6.55. The first-order valence-electron chi connectivity index (χ1n) is 8.54. The van der Waals surface area contributed by atoms with E-state index < -0.39 is 5.60 Å². The highest BCUT2D eigenvalue weighted by Gasteiger charge is 2.34. The number of guanidine groups is 1. The van der Waals surface area contributed by atoms with Crippen LogP contribution in [0.25, 0.3) is 0 Å². The van der Waals surface area contributed by atoms with E-state index in [1.165, 1.54) is 19.4 Å². The van der Waals surface area contributed by atoms with Crippen molar-refractivity contribution in [2.45, 2.75) is 57.6 Å². The first-order chi connectivity index (χ1) is 10.1. The first-order valence-corrected chi connectivity index (χ1v) is 8.54. The topological polar surface area (TPSA) is 51.1 Å². The summed E-state index contributed by atoms with van der Waals surface area (Å²) in [4.78, 5) is 9.44. The molecule has 1 heterocycles. The highest BCUT2D eigenvalue weighted by atomic mass is 16.3. The van der Waals surface area contributed by atoms with Crippen LogP contribution in [-0.2, 0) is 0 Å². The number of aliphatic hydroxyl groups is 1. The minimum absolute atomic E-state index is 0.530. The van der Waals surface area contributed by atoms with Crippen LogP contribution in [0, 0.1) is 0 Å². The van der Waals surface area contributed by atoms with Crippen LogP contribution in [0.2, 0.25) is 0 Å². The van der Waals surface area contributed by atoms with Gasteiger partial charge in [-0.3, -0.25) is 9.89 Å². The van der Waals surface area contributed by atoms with Crippen molar-refractivity contribution in [3.05, 3.63) is 0 Å². The zero-order chi connectivity index (χ0) is 15.3. The van der Waals surface area contributed by atoms with Crippen LogP contribution in [0.1, 0.15) is 46.0 Å². The monoisotopic (exact) mass is 296 g/mol. The lowest BCUT2D eigenvalue weighted by molar-refractivity contribution is -0.0237. The molecule has 0 spiro atoms. The summed E-state index contributed by atoms with van der Waals surface area (Å²) in [6.45, 7) is 9.09. The van der Waals surface area contributed by atoms with E-state index >= 15 is 0 Å². The van der Waals surface area contributed by atoms with Gasteiger partial charge in [-0.05, 0) is 52.1 Å². The lowest BCUT2D eigenvalue weighted by atomic mass is 9.80. The Bertz CT molecular complexity index is 354. The molecule has 0 aromatic carbocycles. The SMILES string of the molecule is CCNC(=NCC1(O)CCC1)N(C)CC1CCCN1CC. The van der Waals surface area contributed by atoms with Gasteiger partial charge in [0, 0.05) is 26.2 Å². The van der Waals surface area contributed by atoms with Crippen molar-refractivity contribution in [1.82, 2.24) is 15.1 Å². The van der Waals surface area contributed by atoms with Gasteiger partial charge >= 0.3 is 0 Å². The van der Waals surface area contributed by atoms with Gasteiger partial charge < -0.3 is 15.3 Å². The molecule has 122 valence electrons. The lowest BCUT2D eigenvalue weighted by Crippen LogP contribution is -2.47. The fourth-order valence-corrected chi connectivity index (χ4v) is 3.36. The molecule has 1 aliphatic heterocycles. The van der Waals surface area contributed by atoms with Gasteiger partial charge in [-0.15, -0.1) is 0 Å². The van der Waals surface area contributed by atoms with Gasteiger partial charge in [0.1, 0.15) is 0 Å². The minimum Gasteiger partial charge on any atom is -0.388 e. The standard InChI is InChI=1S/C16H32N4O/c1-4-17-15(18-13-16(21)9-7-10-16)19(3)12-14-8-6-11-20(14)5-2/h14,21H,4-13H2,1-3H3,(H,17,18). The molecule has 2 N–H and O–H groups in total. The van der Waals surface area contributed by atoms with E-state index in [0.29, 0.717) is 12.6 Å². The van der Waals surface area contributed by atoms with Crippen LogP contribution in [0.15, 0.2) is 4.99 Å². The van der Waals surface area contributed by atoms with Crippen molar-refractivity contribution in [2.75, 3.05) is 39.8 Å². The van der Waals surface area contributed by atoms with Crippen LogP contribution in [0.5, 0.6) is 0 Å². The number of likely N-dealkylation sites (N-methyl/N-ethyl adjacent to an activating group) is 2. The molecular weight excluding hydrogens is 264 g/mol. The van der Waals surface area contributed by atoms with Crippen LogP contribution in [0.3, 0.4) is 0 Å². The summed E-state index contributed by atoms with van der Waals surface area (Å²) < 4.78 is 0. The molecule has 1 aliphatic carbocycles. The zero-order valence-corrected chi connectivity index (χ0v) is 13.9. The van der Waals surface area contributed by atoms with Crippen molar-refractivity contribution >= 4 is 5.96 Å². The minimum atomic E-state index is -0.537. The Morgan fingerprint density at radius 3 is 2.71 bits per heavy atom. The fourth-order valence-electron chi connectivity index (χ4n) is 3.36. The Balaban J connectivity index is 1.91. The Morgan fingerprint density at radius 1 is 1.38 bits per heavy atom. The smallest absolute Gasteiger partial charge is 0.193 e. The van der Waals surface area contributed by atoms with E-state index in [1.54, 1.807) is 0 Å². The maximum atomic E-state index is 10.2. The number of hydrogen-bond donors (Lipinski definition) is 2. The average molecular weight is 296 g/mol. The molecule has 0 aromatic rings. The summed E-state index contributed by atoms with van der Waals surface area (Å²) in [6, 6.07) is 0.635. The van der Waals surface area contributed by atoms with E-state index in [2.05, 4.69) is 41.0 Å². The molecule has 0 radical (unpaired) electrons. The number of nitrogens with one attached hydrogen (secondary N) is 1. The molecule has 1 unspecified atom stereocenters. The maximum Gasteiger partial charge on any atom is 0.193 e. The summed E-state index contributed by atoms with van der Waals surface area (Å²) in [5.74, 6) is 0.931. The Labute approximate surface area is 129 Å². The van der Waals surface area contributed by atoms with E-state index in [0.717, 1.165) is 44.9 Å². The van der Waals surface area contributed by atoms with Crippen molar-refractivity contribution in [3.8, 4) is 0 Å². The normalized spacial score (nSPS) is 25.7. The molecule has 5 heteroatoms. The highest BCUT2D eigenvalue weighted by Crippen LogP contribution is 2.31. The van der Waals surface area contributed by atoms with E-state index in [4.69, 9.17) is 0 Å². The van der Waals surface area contributed by atoms with E-state index in [1.807, 2.05) is 0 Å². The predicted octanol–water partition coefficient (Wildman–Crippen LogP) is 1.28. The summed E-state index contributed by atoms with van der Waals surface area (Å²) in [6.07, 6.45) is 5.50. The van der Waals surface area contributed by atoms with Gasteiger partial charge in [0.2, 0.25) is 0 Å². The number of likely N-dealkylation sites (tertiary alicyclic amines) is 1. The van der Waals surface area contributed by atoms with Gasteiger partial charge in [-0.1, -0.05) is 6.92 Å². The molecular formula is C16H32N4O. The van der Waals surface area contributed by atoms with E-state index in [-0.39, 0.29) is 0 Å². The van der Waals surface area contributed by atoms with Crippen LogP contribution in [-0.4, -0.2) is 72.3 Å². The van der Waals surface area contributed by atoms with Gasteiger partial charge in [-0.2, -0.15) is 0 Å². The van der Waals surface area contributed by atoms with E-state index in [9.17, 15) is 5.11 Å². The average Bonchev–Trinajstić information content (AvgIpc) is 2.88. The quantitative estimate of drug-likeness (QED) is 0.573. The zero-order valence-electron chi connectivity index (χ0n) is 13.9.